The molecule has 1 aromatic rings. The fourth-order valence-corrected chi connectivity index (χ4v) is 2.49. The first kappa shape index (κ1) is 13.8. The van der Waals surface area contributed by atoms with Gasteiger partial charge in [-0.2, -0.15) is 0 Å². The third kappa shape index (κ3) is 3.95. The minimum absolute atomic E-state index is 0.483. The van der Waals surface area contributed by atoms with E-state index in [9.17, 15) is 5.11 Å². The van der Waals surface area contributed by atoms with Crippen molar-refractivity contribution >= 4 is 11.6 Å². The Morgan fingerprint density at radius 1 is 1.28 bits per heavy atom. The summed E-state index contributed by atoms with van der Waals surface area (Å²) in [5.74, 6) is 0. The molecule has 1 N–H and O–H groups in total. The fraction of sp³-hybridized carbons (Fsp3) is 0.571. The lowest BCUT2D eigenvalue weighted by molar-refractivity contribution is 0.126. The second kappa shape index (κ2) is 7.10. The lowest BCUT2D eigenvalue weighted by Gasteiger charge is -2.21. The molecule has 0 spiro atoms. The summed E-state index contributed by atoms with van der Waals surface area (Å²) in [4.78, 5) is 2.34. The molecule has 1 heterocycles. The van der Waals surface area contributed by atoms with Gasteiger partial charge >= 0.3 is 0 Å². The van der Waals surface area contributed by atoms with E-state index in [2.05, 4.69) is 4.90 Å². The molecular formula is C14H20ClNO2. The molecule has 0 aliphatic carbocycles. The van der Waals surface area contributed by atoms with Gasteiger partial charge in [0, 0.05) is 31.3 Å². The summed E-state index contributed by atoms with van der Waals surface area (Å²) in [5, 5.41) is 10.8. The standard InChI is InChI=1S/C14H20ClNO2/c15-13-5-2-1-4-12(13)14(17)6-8-16-7-3-10-18-11-9-16/h1-2,4-5,14,17H,3,6-11H2. The minimum atomic E-state index is -0.483. The molecule has 0 bridgehead atoms. The number of hydrogen-bond donors (Lipinski definition) is 1. The highest BCUT2D eigenvalue weighted by Gasteiger charge is 2.14. The Hall–Kier alpha value is -0.610. The molecule has 1 aliphatic rings. The molecule has 100 valence electrons. The molecule has 1 aromatic carbocycles. The summed E-state index contributed by atoms with van der Waals surface area (Å²) in [5.41, 5.74) is 0.824. The predicted octanol–water partition coefficient (Wildman–Crippen LogP) is 2.49. The lowest BCUT2D eigenvalue weighted by atomic mass is 10.1. The zero-order valence-electron chi connectivity index (χ0n) is 10.5. The van der Waals surface area contributed by atoms with Crippen molar-refractivity contribution in [3.63, 3.8) is 0 Å². The van der Waals surface area contributed by atoms with Crippen molar-refractivity contribution in [3.8, 4) is 0 Å². The van der Waals surface area contributed by atoms with Crippen LogP contribution in [0.5, 0.6) is 0 Å². The van der Waals surface area contributed by atoms with Gasteiger partial charge in [0.2, 0.25) is 0 Å². The summed E-state index contributed by atoms with van der Waals surface area (Å²) in [6.45, 7) is 4.53. The number of hydrogen-bond acceptors (Lipinski definition) is 3. The van der Waals surface area contributed by atoms with Crippen LogP contribution in [0.3, 0.4) is 0 Å². The van der Waals surface area contributed by atoms with Crippen molar-refractivity contribution in [1.29, 1.82) is 0 Å². The fourth-order valence-electron chi connectivity index (χ4n) is 2.23. The van der Waals surface area contributed by atoms with E-state index in [0.717, 1.165) is 44.8 Å². The molecule has 0 radical (unpaired) electrons. The van der Waals surface area contributed by atoms with Gasteiger partial charge in [-0.05, 0) is 24.5 Å². The van der Waals surface area contributed by atoms with Crippen LogP contribution in [0, 0.1) is 0 Å². The van der Waals surface area contributed by atoms with Crippen LogP contribution in [0.15, 0.2) is 24.3 Å². The third-order valence-corrected chi connectivity index (χ3v) is 3.64. The predicted molar refractivity (Wildman–Crippen MR) is 72.9 cm³/mol. The van der Waals surface area contributed by atoms with E-state index in [1.807, 2.05) is 24.3 Å². The van der Waals surface area contributed by atoms with E-state index in [1.54, 1.807) is 0 Å². The van der Waals surface area contributed by atoms with Crippen LogP contribution in [0.2, 0.25) is 5.02 Å². The van der Waals surface area contributed by atoms with Gasteiger partial charge in [0.15, 0.2) is 0 Å². The average molecular weight is 270 g/mol. The highest BCUT2D eigenvalue weighted by Crippen LogP contribution is 2.24. The second-order valence-electron chi connectivity index (χ2n) is 4.63. The zero-order chi connectivity index (χ0) is 12.8. The van der Waals surface area contributed by atoms with Crippen LogP contribution in [0.25, 0.3) is 0 Å². The summed E-state index contributed by atoms with van der Waals surface area (Å²) in [6.07, 6.45) is 1.30. The summed E-state index contributed by atoms with van der Waals surface area (Å²) in [6, 6.07) is 7.49. The number of benzene rings is 1. The van der Waals surface area contributed by atoms with Crippen molar-refractivity contribution in [2.75, 3.05) is 32.8 Å². The summed E-state index contributed by atoms with van der Waals surface area (Å²) < 4.78 is 5.41. The van der Waals surface area contributed by atoms with Crippen molar-refractivity contribution in [2.45, 2.75) is 18.9 Å². The maximum absolute atomic E-state index is 10.2. The smallest absolute Gasteiger partial charge is 0.0816 e. The Bertz CT molecular complexity index is 365. The van der Waals surface area contributed by atoms with Crippen LogP contribution >= 0.6 is 11.6 Å². The van der Waals surface area contributed by atoms with Gasteiger partial charge in [0.25, 0.3) is 0 Å². The van der Waals surface area contributed by atoms with Gasteiger partial charge in [-0.25, -0.2) is 0 Å². The van der Waals surface area contributed by atoms with Gasteiger partial charge in [-0.15, -0.1) is 0 Å². The highest BCUT2D eigenvalue weighted by molar-refractivity contribution is 6.31. The van der Waals surface area contributed by atoms with Gasteiger partial charge in [-0.3, -0.25) is 0 Å². The Morgan fingerprint density at radius 2 is 2.11 bits per heavy atom. The van der Waals surface area contributed by atoms with E-state index in [0.29, 0.717) is 11.4 Å². The molecule has 1 atom stereocenters. The van der Waals surface area contributed by atoms with E-state index < -0.39 is 6.10 Å². The molecule has 0 aromatic heterocycles. The maximum Gasteiger partial charge on any atom is 0.0816 e. The molecule has 1 unspecified atom stereocenters. The van der Waals surface area contributed by atoms with E-state index in [-0.39, 0.29) is 0 Å². The first-order valence-electron chi connectivity index (χ1n) is 6.50. The van der Waals surface area contributed by atoms with Crippen molar-refractivity contribution < 1.29 is 9.84 Å². The number of aliphatic hydroxyl groups is 1. The van der Waals surface area contributed by atoms with Crippen LogP contribution in [-0.2, 0) is 4.74 Å². The van der Waals surface area contributed by atoms with Crippen LogP contribution in [-0.4, -0.2) is 42.9 Å². The van der Waals surface area contributed by atoms with Gasteiger partial charge in [-0.1, -0.05) is 29.8 Å². The zero-order valence-corrected chi connectivity index (χ0v) is 11.3. The van der Waals surface area contributed by atoms with Crippen molar-refractivity contribution in [2.24, 2.45) is 0 Å². The Labute approximate surface area is 113 Å². The molecule has 3 nitrogen and oxygen atoms in total. The SMILES string of the molecule is OC(CCN1CCCOCC1)c1ccccc1Cl. The second-order valence-corrected chi connectivity index (χ2v) is 5.04. The lowest BCUT2D eigenvalue weighted by Crippen LogP contribution is -2.28. The van der Waals surface area contributed by atoms with Crippen LogP contribution < -0.4 is 0 Å². The maximum atomic E-state index is 10.2. The Kier molecular flexibility index (Phi) is 5.45. The van der Waals surface area contributed by atoms with Gasteiger partial charge in [0.05, 0.1) is 12.7 Å². The molecule has 4 heteroatoms. The molecule has 0 saturated carbocycles. The molecule has 1 saturated heterocycles. The number of aliphatic hydroxyl groups excluding tert-OH is 1. The molecule has 2 rings (SSSR count). The quantitative estimate of drug-likeness (QED) is 0.912. The number of halogens is 1. The van der Waals surface area contributed by atoms with Crippen molar-refractivity contribution in [3.05, 3.63) is 34.9 Å². The van der Waals surface area contributed by atoms with E-state index in [1.165, 1.54) is 0 Å². The normalized spacial score (nSPS) is 19.4. The number of nitrogens with zero attached hydrogens (tertiary/aromatic N) is 1. The Morgan fingerprint density at radius 3 is 2.94 bits per heavy atom. The van der Waals surface area contributed by atoms with Gasteiger partial charge < -0.3 is 14.7 Å². The first-order valence-corrected chi connectivity index (χ1v) is 6.88. The van der Waals surface area contributed by atoms with Crippen LogP contribution in [0.1, 0.15) is 24.5 Å². The molecule has 1 aliphatic heterocycles. The molecule has 0 amide bonds. The number of rotatable bonds is 4. The topological polar surface area (TPSA) is 32.7 Å². The highest BCUT2D eigenvalue weighted by atomic mass is 35.5. The van der Waals surface area contributed by atoms with Crippen LogP contribution in [0.4, 0.5) is 0 Å². The van der Waals surface area contributed by atoms with Gasteiger partial charge in [0.1, 0.15) is 0 Å². The first-order chi connectivity index (χ1) is 8.77. The summed E-state index contributed by atoms with van der Waals surface area (Å²) in [7, 11) is 0. The van der Waals surface area contributed by atoms with Crippen molar-refractivity contribution in [1.82, 2.24) is 4.90 Å². The largest absolute Gasteiger partial charge is 0.388 e. The monoisotopic (exact) mass is 269 g/mol. The summed E-state index contributed by atoms with van der Waals surface area (Å²) >= 11 is 6.07. The molecular weight excluding hydrogens is 250 g/mol. The Balaban J connectivity index is 1.84. The molecule has 1 fully saturated rings. The average Bonchev–Trinajstić information content (AvgIpc) is 2.65. The minimum Gasteiger partial charge on any atom is -0.388 e. The molecule has 18 heavy (non-hydrogen) atoms. The number of ether oxygens (including phenoxy) is 1. The van der Waals surface area contributed by atoms with E-state index in [4.69, 9.17) is 16.3 Å². The third-order valence-electron chi connectivity index (χ3n) is 3.30. The van der Waals surface area contributed by atoms with E-state index >= 15 is 0 Å².